The number of amides is 2. The molecule has 0 aliphatic rings. The molecular weight excluding hydrogens is 382 g/mol. The van der Waals surface area contributed by atoms with Gasteiger partial charge in [-0.1, -0.05) is 6.07 Å². The Morgan fingerprint density at radius 2 is 1.70 bits per heavy atom. The second-order valence-electron chi connectivity index (χ2n) is 6.87. The van der Waals surface area contributed by atoms with Gasteiger partial charge >= 0.3 is 11.7 Å². The van der Waals surface area contributed by atoms with Crippen molar-refractivity contribution in [2.75, 3.05) is 17.7 Å². The molecule has 2 aromatic heterocycles. The number of aromatic amines is 1. The lowest BCUT2D eigenvalue weighted by molar-refractivity contribution is 0.262. The molecule has 0 aliphatic carbocycles. The lowest BCUT2D eigenvalue weighted by atomic mass is 10.1. The average molecular weight is 399 g/mol. The van der Waals surface area contributed by atoms with E-state index in [0.29, 0.717) is 38.9 Å². The summed E-state index contributed by atoms with van der Waals surface area (Å²) in [6.45, 7) is 0. The molecule has 3 aromatic carbocycles. The molecule has 5 aromatic rings. The third-order valence-corrected chi connectivity index (χ3v) is 4.99. The lowest BCUT2D eigenvalue weighted by Gasteiger charge is -2.10. The van der Waals surface area contributed by atoms with Gasteiger partial charge in [0.15, 0.2) is 0 Å². The predicted molar refractivity (Wildman–Crippen MR) is 117 cm³/mol. The van der Waals surface area contributed by atoms with Gasteiger partial charge in [-0.25, -0.2) is 9.59 Å². The molecule has 0 spiro atoms. The lowest BCUT2D eigenvalue weighted by Crippen LogP contribution is -2.19. The third kappa shape index (κ3) is 3.12. The number of anilines is 2. The topological polar surface area (TPSA) is 96.4 Å². The number of aromatic nitrogens is 1. The molecular formula is C23H17N3O4. The number of benzene rings is 3. The van der Waals surface area contributed by atoms with Crippen LogP contribution >= 0.6 is 0 Å². The second kappa shape index (κ2) is 6.97. The fraction of sp³-hybridized carbons (Fsp3) is 0.0435. The highest BCUT2D eigenvalue weighted by Crippen LogP contribution is 2.28. The van der Waals surface area contributed by atoms with E-state index in [-0.39, 0.29) is 6.03 Å². The molecule has 30 heavy (non-hydrogen) atoms. The van der Waals surface area contributed by atoms with Crippen molar-refractivity contribution in [3.8, 4) is 5.75 Å². The molecule has 0 atom stereocenters. The Morgan fingerprint density at radius 1 is 0.900 bits per heavy atom. The quantitative estimate of drug-likeness (QED) is 0.291. The molecule has 0 radical (unpaired) electrons. The summed E-state index contributed by atoms with van der Waals surface area (Å²) in [5.74, 6) is 0.630. The minimum atomic E-state index is -0.418. The van der Waals surface area contributed by atoms with Crippen molar-refractivity contribution in [2.24, 2.45) is 0 Å². The molecule has 0 bridgehead atoms. The standard InChI is InChI=1S/C23H17N3O4/c1-29-16-5-6-17-18(12-16)19-10-14(4-7-21(19)30-22(17)27)25-23(28)26-15-3-2-13-8-9-24-20(13)11-15/h2-12,24H,1H3,(H2,25,26,28). The summed E-state index contributed by atoms with van der Waals surface area (Å²) >= 11 is 0. The van der Waals surface area contributed by atoms with E-state index in [0.717, 1.165) is 10.9 Å². The zero-order valence-corrected chi connectivity index (χ0v) is 16.0. The number of H-pyrrole nitrogens is 1. The van der Waals surface area contributed by atoms with Crippen molar-refractivity contribution in [1.29, 1.82) is 0 Å². The monoisotopic (exact) mass is 399 g/mol. The number of urea groups is 1. The average Bonchev–Trinajstić information content (AvgIpc) is 3.22. The maximum Gasteiger partial charge on any atom is 0.344 e. The summed E-state index contributed by atoms with van der Waals surface area (Å²) in [6, 6.07) is 17.5. The van der Waals surface area contributed by atoms with E-state index in [1.807, 2.05) is 30.5 Å². The van der Waals surface area contributed by atoms with E-state index in [9.17, 15) is 9.59 Å². The number of ether oxygens (including phenoxy) is 1. The maximum absolute atomic E-state index is 12.5. The predicted octanol–water partition coefficient (Wildman–Crippen LogP) is 5.08. The molecule has 2 amide bonds. The van der Waals surface area contributed by atoms with E-state index >= 15 is 0 Å². The van der Waals surface area contributed by atoms with E-state index < -0.39 is 5.63 Å². The molecule has 148 valence electrons. The molecule has 7 nitrogen and oxygen atoms in total. The van der Waals surface area contributed by atoms with Gasteiger partial charge in [0.1, 0.15) is 11.3 Å². The molecule has 0 saturated carbocycles. The Kier molecular flexibility index (Phi) is 4.14. The Morgan fingerprint density at radius 3 is 2.53 bits per heavy atom. The van der Waals surface area contributed by atoms with Gasteiger partial charge in [0.05, 0.1) is 12.5 Å². The van der Waals surface area contributed by atoms with Crippen LogP contribution in [-0.2, 0) is 0 Å². The van der Waals surface area contributed by atoms with Crippen LogP contribution in [0.5, 0.6) is 5.75 Å². The number of rotatable bonds is 3. The SMILES string of the molecule is COc1ccc2c(=O)oc3ccc(NC(=O)Nc4ccc5cc[nH]c5c4)cc3c2c1. The van der Waals surface area contributed by atoms with Crippen molar-refractivity contribution < 1.29 is 13.9 Å². The minimum Gasteiger partial charge on any atom is -0.497 e. The number of hydrogen-bond acceptors (Lipinski definition) is 4. The summed E-state index contributed by atoms with van der Waals surface area (Å²) < 4.78 is 10.7. The number of carbonyl (C=O) groups excluding carboxylic acids is 1. The highest BCUT2D eigenvalue weighted by atomic mass is 16.5. The van der Waals surface area contributed by atoms with E-state index in [1.165, 1.54) is 0 Å². The zero-order chi connectivity index (χ0) is 20.7. The second-order valence-corrected chi connectivity index (χ2v) is 6.87. The van der Waals surface area contributed by atoms with Crippen LogP contribution in [-0.4, -0.2) is 18.1 Å². The maximum atomic E-state index is 12.5. The van der Waals surface area contributed by atoms with Crippen molar-refractivity contribution in [3.63, 3.8) is 0 Å². The first kappa shape index (κ1) is 17.8. The van der Waals surface area contributed by atoms with Gasteiger partial charge < -0.3 is 24.8 Å². The van der Waals surface area contributed by atoms with Gasteiger partial charge in [-0.15, -0.1) is 0 Å². The first-order chi connectivity index (χ1) is 14.6. The molecule has 0 fully saturated rings. The summed E-state index contributed by atoms with van der Waals surface area (Å²) in [4.78, 5) is 27.8. The van der Waals surface area contributed by atoms with Crippen LogP contribution < -0.4 is 21.0 Å². The summed E-state index contributed by atoms with van der Waals surface area (Å²) in [7, 11) is 1.57. The fourth-order valence-corrected chi connectivity index (χ4v) is 3.53. The van der Waals surface area contributed by atoms with E-state index in [1.54, 1.807) is 43.5 Å². The van der Waals surface area contributed by atoms with E-state index in [2.05, 4.69) is 15.6 Å². The molecule has 0 unspecified atom stereocenters. The van der Waals surface area contributed by atoms with Gasteiger partial charge in [-0.05, 0) is 60.0 Å². The molecule has 7 heteroatoms. The summed E-state index contributed by atoms with van der Waals surface area (Å²) in [6.07, 6.45) is 1.85. The Labute approximate surface area is 170 Å². The van der Waals surface area contributed by atoms with Gasteiger partial charge in [-0.2, -0.15) is 0 Å². The molecule has 3 N–H and O–H groups in total. The van der Waals surface area contributed by atoms with Crippen LogP contribution in [0.4, 0.5) is 16.2 Å². The van der Waals surface area contributed by atoms with Crippen molar-refractivity contribution in [3.05, 3.63) is 77.3 Å². The van der Waals surface area contributed by atoms with Crippen LogP contribution in [0, 0.1) is 0 Å². The smallest absolute Gasteiger partial charge is 0.344 e. The zero-order valence-electron chi connectivity index (χ0n) is 16.0. The molecule has 0 saturated heterocycles. The third-order valence-electron chi connectivity index (χ3n) is 4.99. The highest BCUT2D eigenvalue weighted by molar-refractivity contribution is 6.08. The van der Waals surface area contributed by atoms with Crippen molar-refractivity contribution >= 4 is 50.1 Å². The van der Waals surface area contributed by atoms with Crippen LogP contribution in [0.2, 0.25) is 0 Å². The Bertz CT molecular complexity index is 1480. The van der Waals surface area contributed by atoms with Gasteiger partial charge in [-0.3, -0.25) is 0 Å². The normalized spacial score (nSPS) is 11.1. The first-order valence-electron chi connectivity index (χ1n) is 9.30. The fourth-order valence-electron chi connectivity index (χ4n) is 3.53. The van der Waals surface area contributed by atoms with E-state index in [4.69, 9.17) is 9.15 Å². The van der Waals surface area contributed by atoms with Crippen LogP contribution in [0.3, 0.4) is 0 Å². The highest BCUT2D eigenvalue weighted by Gasteiger charge is 2.11. The summed E-state index contributed by atoms with van der Waals surface area (Å²) in [5.41, 5.74) is 2.19. The number of hydrogen-bond donors (Lipinski definition) is 3. The van der Waals surface area contributed by atoms with Crippen LogP contribution in [0.15, 0.2) is 76.1 Å². The Hall–Kier alpha value is -4.26. The number of fused-ring (bicyclic) bond motifs is 4. The van der Waals surface area contributed by atoms with Gasteiger partial charge in [0.25, 0.3) is 0 Å². The van der Waals surface area contributed by atoms with Gasteiger partial charge in [0, 0.05) is 33.9 Å². The molecule has 5 rings (SSSR count). The number of nitrogens with one attached hydrogen (secondary N) is 3. The van der Waals surface area contributed by atoms with Crippen molar-refractivity contribution in [1.82, 2.24) is 4.98 Å². The first-order valence-corrected chi connectivity index (χ1v) is 9.30. The number of methoxy groups -OCH3 is 1. The largest absolute Gasteiger partial charge is 0.497 e. The van der Waals surface area contributed by atoms with Crippen LogP contribution in [0.25, 0.3) is 32.6 Å². The summed E-state index contributed by atoms with van der Waals surface area (Å²) in [5, 5.41) is 8.56. The van der Waals surface area contributed by atoms with Gasteiger partial charge in [0.2, 0.25) is 0 Å². The molecule has 0 aliphatic heterocycles. The number of carbonyl (C=O) groups is 1. The molecule has 2 heterocycles. The Balaban J connectivity index is 1.47. The minimum absolute atomic E-state index is 0.375. The van der Waals surface area contributed by atoms with Crippen molar-refractivity contribution in [2.45, 2.75) is 0 Å². The van der Waals surface area contributed by atoms with Crippen LogP contribution in [0.1, 0.15) is 0 Å².